The van der Waals surface area contributed by atoms with Gasteiger partial charge in [0.25, 0.3) is 11.8 Å². The number of esters is 2. The van der Waals surface area contributed by atoms with E-state index in [1.807, 2.05) is 0 Å². The highest BCUT2D eigenvalue weighted by molar-refractivity contribution is 6.06. The summed E-state index contributed by atoms with van der Waals surface area (Å²) in [7, 11) is 0. The zero-order valence-corrected chi connectivity index (χ0v) is 24.1. The highest BCUT2D eigenvalue weighted by Gasteiger charge is 2.13. The summed E-state index contributed by atoms with van der Waals surface area (Å²) in [6.45, 7) is 0.456. The minimum absolute atomic E-state index is 0.228. The number of hydrogen-bond acceptors (Lipinski definition) is 8. The molecule has 6 N–H and O–H groups in total. The molecule has 4 aromatic rings. The van der Waals surface area contributed by atoms with E-state index < -0.39 is 11.9 Å². The Hall–Kier alpha value is -5.64. The van der Waals surface area contributed by atoms with Gasteiger partial charge in [0.15, 0.2) is 0 Å². The number of carbonyl (C=O) groups excluding carboxylic acids is 4. The molecule has 0 aliphatic heterocycles. The van der Waals surface area contributed by atoms with E-state index in [0.29, 0.717) is 46.7 Å². The maximum atomic E-state index is 12.5. The molecular formula is C34H34N4O6. The first-order valence-electron chi connectivity index (χ1n) is 14.2. The number of nitrogens with two attached hydrogens (primary N) is 2. The summed E-state index contributed by atoms with van der Waals surface area (Å²) >= 11 is 0. The monoisotopic (exact) mass is 594 g/mol. The molecule has 10 nitrogen and oxygen atoms in total. The molecule has 0 aliphatic rings. The molecule has 0 heterocycles. The second kappa shape index (κ2) is 15.5. The predicted molar refractivity (Wildman–Crippen MR) is 170 cm³/mol. The average Bonchev–Trinajstić information content (AvgIpc) is 3.04. The summed E-state index contributed by atoms with van der Waals surface area (Å²) in [6.07, 6.45) is 2.83. The van der Waals surface area contributed by atoms with Crippen LogP contribution in [0, 0.1) is 0 Å². The van der Waals surface area contributed by atoms with Crippen molar-refractivity contribution in [3.8, 4) is 0 Å². The normalized spacial score (nSPS) is 10.5. The Bertz CT molecular complexity index is 1480. The van der Waals surface area contributed by atoms with Crippen molar-refractivity contribution in [3.05, 3.63) is 119 Å². The maximum Gasteiger partial charge on any atom is 0.338 e. The van der Waals surface area contributed by atoms with Crippen molar-refractivity contribution < 1.29 is 28.7 Å². The number of unbranched alkanes of at least 4 members (excludes halogenated alkanes) is 3. The van der Waals surface area contributed by atoms with Gasteiger partial charge in [0, 0.05) is 33.9 Å². The van der Waals surface area contributed by atoms with E-state index >= 15 is 0 Å². The molecule has 0 saturated heterocycles. The number of nitrogen functional groups attached to an aromatic ring is 2. The molecule has 2 amide bonds. The number of hydrogen-bond donors (Lipinski definition) is 4. The average molecular weight is 595 g/mol. The summed E-state index contributed by atoms with van der Waals surface area (Å²) < 4.78 is 10.7. The fourth-order valence-corrected chi connectivity index (χ4v) is 4.17. The van der Waals surface area contributed by atoms with E-state index in [4.69, 9.17) is 20.9 Å². The Morgan fingerprint density at radius 3 is 1.25 bits per heavy atom. The minimum Gasteiger partial charge on any atom is -0.462 e. The van der Waals surface area contributed by atoms with E-state index in [1.54, 1.807) is 84.9 Å². The molecule has 0 spiro atoms. The fourth-order valence-electron chi connectivity index (χ4n) is 4.17. The lowest BCUT2D eigenvalue weighted by Gasteiger charge is -2.09. The molecule has 0 atom stereocenters. The van der Waals surface area contributed by atoms with Gasteiger partial charge in [-0.2, -0.15) is 0 Å². The SMILES string of the molecule is Nc1ccc(NC(=O)c2cccc(C(=O)OCCCCCCOC(=O)c3cccc(C(=O)Nc4ccc(N)cc4)c3)c2)cc1. The third kappa shape index (κ3) is 9.45. The van der Waals surface area contributed by atoms with Crippen molar-refractivity contribution in [1.29, 1.82) is 0 Å². The van der Waals surface area contributed by atoms with Gasteiger partial charge in [0.1, 0.15) is 0 Å². The molecule has 0 unspecified atom stereocenters. The van der Waals surface area contributed by atoms with Crippen LogP contribution in [0.2, 0.25) is 0 Å². The van der Waals surface area contributed by atoms with E-state index in [1.165, 1.54) is 12.1 Å². The molecule has 0 aliphatic carbocycles. The van der Waals surface area contributed by atoms with Gasteiger partial charge >= 0.3 is 11.9 Å². The molecule has 4 rings (SSSR count). The van der Waals surface area contributed by atoms with Crippen molar-refractivity contribution >= 4 is 46.5 Å². The topological polar surface area (TPSA) is 163 Å². The molecule has 0 radical (unpaired) electrons. The van der Waals surface area contributed by atoms with Crippen molar-refractivity contribution in [2.45, 2.75) is 25.7 Å². The predicted octanol–water partition coefficient (Wildman–Crippen LogP) is 5.93. The molecule has 0 fully saturated rings. The second-order valence-corrected chi connectivity index (χ2v) is 10.00. The van der Waals surface area contributed by atoms with Crippen LogP contribution in [0.3, 0.4) is 0 Å². The van der Waals surface area contributed by atoms with Crippen LogP contribution in [-0.2, 0) is 9.47 Å². The van der Waals surface area contributed by atoms with Gasteiger partial charge in [-0.3, -0.25) is 9.59 Å². The third-order valence-electron chi connectivity index (χ3n) is 6.56. The van der Waals surface area contributed by atoms with Gasteiger partial charge in [0.05, 0.1) is 24.3 Å². The Morgan fingerprint density at radius 2 is 0.864 bits per heavy atom. The first kappa shape index (κ1) is 31.3. The lowest BCUT2D eigenvalue weighted by Crippen LogP contribution is -2.14. The van der Waals surface area contributed by atoms with Crippen molar-refractivity contribution in [2.24, 2.45) is 0 Å². The van der Waals surface area contributed by atoms with Crippen LogP contribution >= 0.6 is 0 Å². The van der Waals surface area contributed by atoms with Crippen molar-refractivity contribution in [2.75, 3.05) is 35.3 Å². The molecule has 10 heteroatoms. The van der Waals surface area contributed by atoms with Gasteiger partial charge in [-0.1, -0.05) is 12.1 Å². The number of anilines is 4. The fraction of sp³-hybridized carbons (Fsp3) is 0.176. The highest BCUT2D eigenvalue weighted by atomic mass is 16.5. The maximum absolute atomic E-state index is 12.5. The van der Waals surface area contributed by atoms with Crippen LogP contribution in [-0.4, -0.2) is 37.0 Å². The number of rotatable bonds is 13. The standard InChI is InChI=1S/C34H34N4O6/c35-27-11-15-29(16-12-27)37-31(39)23-7-5-9-25(21-23)33(41)43-19-3-1-2-4-20-44-34(42)26-10-6-8-24(22-26)32(40)38-30-17-13-28(36)14-18-30/h5-18,21-22H,1-4,19-20,35-36H2,(H,37,39)(H,38,40). The number of benzene rings is 4. The van der Waals surface area contributed by atoms with Crippen LogP contribution in [0.25, 0.3) is 0 Å². The van der Waals surface area contributed by atoms with E-state index in [2.05, 4.69) is 10.6 Å². The quantitative estimate of drug-likeness (QED) is 0.0841. The van der Waals surface area contributed by atoms with E-state index in [9.17, 15) is 19.2 Å². The summed E-state index contributed by atoms with van der Waals surface area (Å²) in [6, 6.07) is 26.2. The summed E-state index contributed by atoms with van der Waals surface area (Å²) in [5.41, 5.74) is 14.9. The molecule has 226 valence electrons. The Balaban J connectivity index is 1.12. The van der Waals surface area contributed by atoms with Crippen LogP contribution in [0.5, 0.6) is 0 Å². The van der Waals surface area contributed by atoms with Crippen LogP contribution in [0.1, 0.15) is 67.1 Å². The Kier molecular flexibility index (Phi) is 11.1. The number of carbonyl (C=O) groups is 4. The molecule has 0 bridgehead atoms. The second-order valence-electron chi connectivity index (χ2n) is 10.00. The Labute approximate surface area is 255 Å². The summed E-state index contributed by atoms with van der Waals surface area (Å²) in [5, 5.41) is 5.53. The van der Waals surface area contributed by atoms with Gasteiger partial charge in [-0.15, -0.1) is 0 Å². The lowest BCUT2D eigenvalue weighted by molar-refractivity contribution is 0.0473. The highest BCUT2D eigenvalue weighted by Crippen LogP contribution is 2.16. The minimum atomic E-state index is -0.509. The van der Waals surface area contributed by atoms with E-state index in [0.717, 1.165) is 12.8 Å². The molecular weight excluding hydrogens is 560 g/mol. The van der Waals surface area contributed by atoms with Gasteiger partial charge in [0.2, 0.25) is 0 Å². The largest absolute Gasteiger partial charge is 0.462 e. The Morgan fingerprint density at radius 1 is 0.500 bits per heavy atom. The zero-order chi connectivity index (χ0) is 31.3. The molecule has 44 heavy (non-hydrogen) atoms. The number of ether oxygens (including phenoxy) is 2. The number of amides is 2. The third-order valence-corrected chi connectivity index (χ3v) is 6.56. The van der Waals surface area contributed by atoms with Crippen molar-refractivity contribution in [1.82, 2.24) is 0 Å². The van der Waals surface area contributed by atoms with Crippen LogP contribution in [0.4, 0.5) is 22.7 Å². The number of nitrogens with one attached hydrogen (secondary N) is 2. The molecule has 0 aromatic heterocycles. The molecule has 4 aromatic carbocycles. The summed E-state index contributed by atoms with van der Waals surface area (Å²) in [4.78, 5) is 50.0. The van der Waals surface area contributed by atoms with Gasteiger partial charge in [-0.25, -0.2) is 9.59 Å². The van der Waals surface area contributed by atoms with Gasteiger partial charge in [-0.05, 0) is 111 Å². The van der Waals surface area contributed by atoms with Gasteiger partial charge < -0.3 is 31.6 Å². The van der Waals surface area contributed by atoms with Crippen molar-refractivity contribution in [3.63, 3.8) is 0 Å². The smallest absolute Gasteiger partial charge is 0.338 e. The lowest BCUT2D eigenvalue weighted by atomic mass is 10.1. The van der Waals surface area contributed by atoms with Crippen LogP contribution in [0.15, 0.2) is 97.1 Å². The summed E-state index contributed by atoms with van der Waals surface area (Å²) in [5.74, 6) is -1.72. The van der Waals surface area contributed by atoms with E-state index in [-0.39, 0.29) is 36.2 Å². The zero-order valence-electron chi connectivity index (χ0n) is 24.1. The first-order valence-corrected chi connectivity index (χ1v) is 14.2. The first-order chi connectivity index (χ1) is 21.3. The molecule has 0 saturated carbocycles. The van der Waals surface area contributed by atoms with Crippen LogP contribution < -0.4 is 22.1 Å².